The van der Waals surface area contributed by atoms with Gasteiger partial charge in [0.05, 0.1) is 5.60 Å². The minimum Gasteiger partial charge on any atom is -0.399 e. The molecule has 0 amide bonds. The van der Waals surface area contributed by atoms with Crippen molar-refractivity contribution < 1.29 is 5.11 Å². The van der Waals surface area contributed by atoms with Gasteiger partial charge in [-0.2, -0.15) is 0 Å². The summed E-state index contributed by atoms with van der Waals surface area (Å²) < 4.78 is 0. The molecule has 1 aromatic rings. The second-order valence-electron chi connectivity index (χ2n) is 5.37. The first kappa shape index (κ1) is 13.4. The van der Waals surface area contributed by atoms with Gasteiger partial charge in [-0.25, -0.2) is 4.98 Å². The van der Waals surface area contributed by atoms with E-state index in [-0.39, 0.29) is 0 Å². The van der Waals surface area contributed by atoms with Crippen LogP contribution in [0.4, 0.5) is 11.5 Å². The van der Waals surface area contributed by atoms with Crippen molar-refractivity contribution in [3.63, 3.8) is 0 Å². The van der Waals surface area contributed by atoms with Gasteiger partial charge in [-0.1, -0.05) is 18.5 Å². The Morgan fingerprint density at radius 2 is 2.17 bits per heavy atom. The SMILES string of the molecule is CC1CCC(O)(CNc2cc(N)cc(Cl)n2)CC1. The van der Waals surface area contributed by atoms with E-state index in [0.29, 0.717) is 29.1 Å². The van der Waals surface area contributed by atoms with Gasteiger partial charge in [0, 0.05) is 18.3 Å². The van der Waals surface area contributed by atoms with Gasteiger partial charge in [-0.05, 0) is 37.7 Å². The molecule has 0 saturated heterocycles. The molecule has 18 heavy (non-hydrogen) atoms. The highest BCUT2D eigenvalue weighted by Gasteiger charge is 2.31. The van der Waals surface area contributed by atoms with Crippen molar-refractivity contribution in [2.75, 3.05) is 17.6 Å². The molecule has 0 aliphatic heterocycles. The molecule has 0 aromatic carbocycles. The van der Waals surface area contributed by atoms with E-state index >= 15 is 0 Å². The Hall–Kier alpha value is -1.00. The van der Waals surface area contributed by atoms with Crippen LogP contribution in [0.15, 0.2) is 12.1 Å². The summed E-state index contributed by atoms with van der Waals surface area (Å²) in [4.78, 5) is 4.13. The molecule has 4 N–H and O–H groups in total. The van der Waals surface area contributed by atoms with Crippen LogP contribution in [0.3, 0.4) is 0 Å². The molecule has 1 aliphatic rings. The lowest BCUT2D eigenvalue weighted by Gasteiger charge is -2.35. The summed E-state index contributed by atoms with van der Waals surface area (Å²) in [6.45, 7) is 2.72. The molecule has 0 bridgehead atoms. The van der Waals surface area contributed by atoms with E-state index in [4.69, 9.17) is 17.3 Å². The van der Waals surface area contributed by atoms with Crippen LogP contribution in [0.2, 0.25) is 5.15 Å². The van der Waals surface area contributed by atoms with Gasteiger partial charge in [0.2, 0.25) is 0 Å². The third-order valence-corrected chi connectivity index (χ3v) is 3.81. The van der Waals surface area contributed by atoms with Crippen LogP contribution in [0.25, 0.3) is 0 Å². The second-order valence-corrected chi connectivity index (χ2v) is 5.76. The Labute approximate surface area is 113 Å². The quantitative estimate of drug-likeness (QED) is 0.738. The van der Waals surface area contributed by atoms with Gasteiger partial charge in [0.1, 0.15) is 11.0 Å². The topological polar surface area (TPSA) is 71.2 Å². The van der Waals surface area contributed by atoms with Gasteiger partial charge < -0.3 is 16.2 Å². The minimum atomic E-state index is -0.634. The third kappa shape index (κ3) is 3.50. The minimum absolute atomic E-state index is 0.363. The maximum Gasteiger partial charge on any atom is 0.133 e. The molecule has 100 valence electrons. The monoisotopic (exact) mass is 269 g/mol. The third-order valence-electron chi connectivity index (χ3n) is 3.62. The molecule has 4 nitrogen and oxygen atoms in total. The van der Waals surface area contributed by atoms with Crippen LogP contribution in [0.1, 0.15) is 32.6 Å². The molecule has 1 aliphatic carbocycles. The van der Waals surface area contributed by atoms with Crippen LogP contribution in [-0.4, -0.2) is 22.2 Å². The van der Waals surface area contributed by atoms with Crippen molar-refractivity contribution in [3.05, 3.63) is 17.3 Å². The number of nitrogen functional groups attached to an aromatic ring is 1. The Bertz CT molecular complexity index is 396. The Balaban J connectivity index is 1.94. The van der Waals surface area contributed by atoms with Crippen LogP contribution in [-0.2, 0) is 0 Å². The van der Waals surface area contributed by atoms with Crippen LogP contribution < -0.4 is 11.1 Å². The Morgan fingerprint density at radius 1 is 1.50 bits per heavy atom. The predicted molar refractivity (Wildman–Crippen MR) is 74.7 cm³/mol. The fraction of sp³-hybridized carbons (Fsp3) is 0.615. The molecule has 5 heteroatoms. The summed E-state index contributed by atoms with van der Waals surface area (Å²) in [5.41, 5.74) is 5.63. The highest BCUT2D eigenvalue weighted by Crippen LogP contribution is 2.32. The number of hydrogen-bond donors (Lipinski definition) is 3. The fourth-order valence-corrected chi connectivity index (χ4v) is 2.56. The lowest BCUT2D eigenvalue weighted by atomic mass is 9.79. The van der Waals surface area contributed by atoms with E-state index in [1.54, 1.807) is 12.1 Å². The van der Waals surface area contributed by atoms with Gasteiger partial charge in [0.25, 0.3) is 0 Å². The van der Waals surface area contributed by atoms with Gasteiger partial charge in [-0.15, -0.1) is 0 Å². The van der Waals surface area contributed by atoms with Gasteiger partial charge in [0.15, 0.2) is 0 Å². The molecular formula is C13H20ClN3O. The Kier molecular flexibility index (Phi) is 3.97. The highest BCUT2D eigenvalue weighted by atomic mass is 35.5. The standard InChI is InChI=1S/C13H20ClN3O/c1-9-2-4-13(18,5-3-9)8-16-12-7-10(15)6-11(14)17-12/h6-7,9,18H,2-5,8H2,1H3,(H3,15,16,17). The van der Waals surface area contributed by atoms with E-state index in [2.05, 4.69) is 17.2 Å². The largest absolute Gasteiger partial charge is 0.399 e. The zero-order valence-corrected chi connectivity index (χ0v) is 11.4. The van der Waals surface area contributed by atoms with E-state index in [1.165, 1.54) is 0 Å². The lowest BCUT2D eigenvalue weighted by Crippen LogP contribution is -2.40. The number of aliphatic hydroxyl groups is 1. The number of nitrogens with two attached hydrogens (primary N) is 1. The van der Waals surface area contributed by atoms with E-state index < -0.39 is 5.60 Å². The maximum absolute atomic E-state index is 10.4. The summed E-state index contributed by atoms with van der Waals surface area (Å²) in [6, 6.07) is 3.32. The molecular weight excluding hydrogens is 250 g/mol. The number of hydrogen-bond acceptors (Lipinski definition) is 4. The van der Waals surface area contributed by atoms with Crippen molar-refractivity contribution in [3.8, 4) is 0 Å². The number of halogens is 1. The fourth-order valence-electron chi connectivity index (χ4n) is 2.34. The molecule has 0 spiro atoms. The van der Waals surface area contributed by atoms with Gasteiger partial charge in [-0.3, -0.25) is 0 Å². The molecule has 0 unspecified atom stereocenters. The van der Waals surface area contributed by atoms with E-state index in [0.717, 1.165) is 25.7 Å². The summed E-state index contributed by atoms with van der Waals surface area (Å²) in [5, 5.41) is 13.9. The van der Waals surface area contributed by atoms with Crippen molar-refractivity contribution in [1.82, 2.24) is 4.98 Å². The number of anilines is 2. The van der Waals surface area contributed by atoms with Crippen molar-refractivity contribution >= 4 is 23.1 Å². The van der Waals surface area contributed by atoms with Crippen LogP contribution >= 0.6 is 11.6 Å². The zero-order chi connectivity index (χ0) is 13.2. The number of nitrogens with zero attached hydrogens (tertiary/aromatic N) is 1. The Morgan fingerprint density at radius 3 is 2.78 bits per heavy atom. The molecule has 1 fully saturated rings. The second kappa shape index (κ2) is 5.33. The first-order valence-electron chi connectivity index (χ1n) is 6.36. The number of pyridine rings is 1. The number of rotatable bonds is 3. The molecule has 2 rings (SSSR count). The molecule has 1 aromatic heterocycles. The van der Waals surface area contributed by atoms with E-state index in [9.17, 15) is 5.11 Å². The van der Waals surface area contributed by atoms with Gasteiger partial charge >= 0.3 is 0 Å². The number of nitrogens with one attached hydrogen (secondary N) is 1. The zero-order valence-electron chi connectivity index (χ0n) is 10.6. The molecule has 1 saturated carbocycles. The first-order valence-corrected chi connectivity index (χ1v) is 6.74. The summed E-state index contributed by atoms with van der Waals surface area (Å²) in [5.74, 6) is 1.33. The van der Waals surface area contributed by atoms with Crippen molar-refractivity contribution in [2.45, 2.75) is 38.2 Å². The molecule has 0 atom stereocenters. The first-order chi connectivity index (χ1) is 8.47. The van der Waals surface area contributed by atoms with Crippen LogP contribution in [0, 0.1) is 5.92 Å². The highest BCUT2D eigenvalue weighted by molar-refractivity contribution is 6.29. The smallest absolute Gasteiger partial charge is 0.133 e. The summed E-state index contributed by atoms with van der Waals surface area (Å²) in [7, 11) is 0. The molecule has 1 heterocycles. The van der Waals surface area contributed by atoms with Crippen molar-refractivity contribution in [1.29, 1.82) is 0 Å². The average Bonchev–Trinajstić information content (AvgIpc) is 2.30. The summed E-state index contributed by atoms with van der Waals surface area (Å²) in [6.07, 6.45) is 3.81. The maximum atomic E-state index is 10.4. The van der Waals surface area contributed by atoms with Crippen LogP contribution in [0.5, 0.6) is 0 Å². The predicted octanol–water partition coefficient (Wildman–Crippen LogP) is 2.67. The molecule has 0 radical (unpaired) electrons. The van der Waals surface area contributed by atoms with E-state index in [1.807, 2.05) is 0 Å². The normalized spacial score (nSPS) is 28.1. The summed E-state index contributed by atoms with van der Waals surface area (Å²) >= 11 is 5.83. The lowest BCUT2D eigenvalue weighted by molar-refractivity contribution is 0.00495. The number of aromatic nitrogens is 1. The average molecular weight is 270 g/mol. The van der Waals surface area contributed by atoms with Crippen molar-refractivity contribution in [2.24, 2.45) is 5.92 Å².